The number of hydrogen-bond donors (Lipinski definition) is 1. The van der Waals surface area contributed by atoms with Crippen molar-refractivity contribution in [3.05, 3.63) is 22.4 Å². The van der Waals surface area contributed by atoms with Gasteiger partial charge in [0.15, 0.2) is 0 Å². The number of ether oxygens (including phenoxy) is 1. The van der Waals surface area contributed by atoms with Crippen LogP contribution in [0.25, 0.3) is 0 Å². The fraction of sp³-hybridized carbons (Fsp3) is 0.733. The summed E-state index contributed by atoms with van der Waals surface area (Å²) in [5, 5.41) is 2.10. The highest BCUT2D eigenvalue weighted by Gasteiger charge is 2.27. The molecule has 1 fully saturated rings. The zero-order valence-corrected chi connectivity index (χ0v) is 12.3. The predicted molar refractivity (Wildman–Crippen MR) is 77.8 cm³/mol. The zero-order valence-electron chi connectivity index (χ0n) is 11.5. The van der Waals surface area contributed by atoms with Crippen LogP contribution in [0.5, 0.6) is 0 Å². The van der Waals surface area contributed by atoms with Crippen molar-refractivity contribution in [3.8, 4) is 0 Å². The van der Waals surface area contributed by atoms with E-state index < -0.39 is 0 Å². The van der Waals surface area contributed by atoms with Gasteiger partial charge in [0.1, 0.15) is 6.10 Å². The molecule has 4 atom stereocenters. The first kappa shape index (κ1) is 14.0. The van der Waals surface area contributed by atoms with Crippen LogP contribution in [0.15, 0.2) is 17.5 Å². The van der Waals surface area contributed by atoms with E-state index in [0.717, 1.165) is 5.92 Å². The van der Waals surface area contributed by atoms with Gasteiger partial charge in [-0.1, -0.05) is 32.3 Å². The Morgan fingerprint density at radius 2 is 2.33 bits per heavy atom. The number of nitrogens with two attached hydrogens (primary N) is 1. The Balaban J connectivity index is 1.97. The molecule has 1 aliphatic carbocycles. The van der Waals surface area contributed by atoms with Gasteiger partial charge in [-0.15, -0.1) is 11.3 Å². The monoisotopic (exact) mass is 267 g/mol. The lowest BCUT2D eigenvalue weighted by Crippen LogP contribution is -2.32. The summed E-state index contributed by atoms with van der Waals surface area (Å²) in [7, 11) is 0. The van der Waals surface area contributed by atoms with E-state index in [-0.39, 0.29) is 12.1 Å². The fourth-order valence-corrected chi connectivity index (χ4v) is 3.72. The lowest BCUT2D eigenvalue weighted by Gasteiger charge is -2.32. The largest absolute Gasteiger partial charge is 0.368 e. The fourth-order valence-electron chi connectivity index (χ4n) is 2.85. The zero-order chi connectivity index (χ0) is 13.0. The summed E-state index contributed by atoms with van der Waals surface area (Å²) in [5.74, 6) is 0.848. The van der Waals surface area contributed by atoms with Crippen molar-refractivity contribution in [2.24, 2.45) is 11.7 Å². The summed E-state index contributed by atoms with van der Waals surface area (Å²) in [6, 6.07) is 4.28. The second-order valence-corrected chi connectivity index (χ2v) is 6.47. The Hall–Kier alpha value is -0.380. The first-order valence-corrected chi connectivity index (χ1v) is 8.03. The molecule has 2 rings (SSSR count). The summed E-state index contributed by atoms with van der Waals surface area (Å²) >= 11 is 1.75. The van der Waals surface area contributed by atoms with E-state index in [1.807, 2.05) is 6.92 Å². The molecule has 0 radical (unpaired) electrons. The van der Waals surface area contributed by atoms with Crippen molar-refractivity contribution >= 4 is 11.3 Å². The van der Waals surface area contributed by atoms with Crippen molar-refractivity contribution in [2.45, 2.75) is 64.2 Å². The molecule has 102 valence electrons. The Morgan fingerprint density at radius 1 is 1.50 bits per heavy atom. The molecule has 4 unspecified atom stereocenters. The van der Waals surface area contributed by atoms with Crippen LogP contribution in [0, 0.1) is 5.92 Å². The van der Waals surface area contributed by atoms with Crippen molar-refractivity contribution in [3.63, 3.8) is 0 Å². The van der Waals surface area contributed by atoms with Gasteiger partial charge in [0, 0.05) is 10.9 Å². The van der Waals surface area contributed by atoms with Crippen LogP contribution in [0.4, 0.5) is 0 Å². The van der Waals surface area contributed by atoms with Crippen molar-refractivity contribution in [2.75, 3.05) is 0 Å². The third-order valence-corrected chi connectivity index (χ3v) is 4.89. The Bertz CT molecular complexity index is 336. The first-order valence-electron chi connectivity index (χ1n) is 7.15. The van der Waals surface area contributed by atoms with Crippen molar-refractivity contribution in [1.82, 2.24) is 0 Å². The lowest BCUT2D eigenvalue weighted by atomic mass is 9.85. The van der Waals surface area contributed by atoms with E-state index in [1.165, 1.54) is 37.0 Å². The van der Waals surface area contributed by atoms with Gasteiger partial charge < -0.3 is 10.5 Å². The van der Waals surface area contributed by atoms with E-state index in [1.54, 1.807) is 11.3 Å². The highest BCUT2D eigenvalue weighted by atomic mass is 32.1. The second-order valence-electron chi connectivity index (χ2n) is 5.49. The van der Waals surface area contributed by atoms with Crippen LogP contribution in [0.1, 0.15) is 56.9 Å². The van der Waals surface area contributed by atoms with Gasteiger partial charge in [-0.25, -0.2) is 0 Å². The SMILES string of the molecule is CCC1CCCC(OC(c2cccs2)C(C)N)C1. The summed E-state index contributed by atoms with van der Waals surface area (Å²) in [6.07, 6.45) is 6.85. The lowest BCUT2D eigenvalue weighted by molar-refractivity contribution is -0.0492. The molecule has 0 saturated heterocycles. The predicted octanol–water partition coefficient (Wildman–Crippen LogP) is 4.12. The van der Waals surface area contributed by atoms with Gasteiger partial charge in [0.2, 0.25) is 0 Å². The summed E-state index contributed by atoms with van der Waals surface area (Å²) in [5.41, 5.74) is 6.09. The molecule has 18 heavy (non-hydrogen) atoms. The molecule has 1 aromatic rings. The first-order chi connectivity index (χ1) is 8.70. The van der Waals surface area contributed by atoms with E-state index >= 15 is 0 Å². The molecule has 1 aliphatic rings. The summed E-state index contributed by atoms with van der Waals surface area (Å²) < 4.78 is 6.31. The summed E-state index contributed by atoms with van der Waals surface area (Å²) in [6.45, 7) is 4.33. The minimum atomic E-state index is 0.0608. The van der Waals surface area contributed by atoms with Crippen molar-refractivity contribution in [1.29, 1.82) is 0 Å². The van der Waals surface area contributed by atoms with Crippen LogP contribution in [0.3, 0.4) is 0 Å². The maximum atomic E-state index is 6.31. The van der Waals surface area contributed by atoms with Crippen LogP contribution < -0.4 is 5.73 Å². The standard InChI is InChI=1S/C15H25NOS/c1-3-12-6-4-7-13(10-12)17-15(11(2)16)14-8-5-9-18-14/h5,8-9,11-13,15H,3-4,6-7,10,16H2,1-2H3. The van der Waals surface area contributed by atoms with E-state index in [0.29, 0.717) is 6.10 Å². The van der Waals surface area contributed by atoms with Gasteiger partial charge in [-0.3, -0.25) is 0 Å². The maximum absolute atomic E-state index is 6.31. The molecule has 1 aromatic heterocycles. The number of hydrogen-bond acceptors (Lipinski definition) is 3. The molecule has 1 heterocycles. The van der Waals surface area contributed by atoms with Crippen molar-refractivity contribution < 1.29 is 4.74 Å². The van der Waals surface area contributed by atoms with Gasteiger partial charge in [-0.2, -0.15) is 0 Å². The minimum Gasteiger partial charge on any atom is -0.368 e. The average molecular weight is 267 g/mol. The Morgan fingerprint density at radius 3 is 2.94 bits per heavy atom. The topological polar surface area (TPSA) is 35.2 Å². The molecular formula is C15H25NOS. The molecule has 0 aromatic carbocycles. The van der Waals surface area contributed by atoms with Gasteiger partial charge in [0.25, 0.3) is 0 Å². The van der Waals surface area contributed by atoms with Crippen LogP contribution in [-0.2, 0) is 4.74 Å². The molecule has 1 saturated carbocycles. The summed E-state index contributed by atoms with van der Waals surface area (Å²) in [4.78, 5) is 1.27. The molecule has 2 nitrogen and oxygen atoms in total. The molecule has 0 spiro atoms. The van der Waals surface area contributed by atoms with Gasteiger partial charge in [0.05, 0.1) is 6.10 Å². The Kier molecular flexibility index (Phi) is 5.22. The minimum absolute atomic E-state index is 0.0608. The quantitative estimate of drug-likeness (QED) is 0.871. The van der Waals surface area contributed by atoms with Crippen LogP contribution >= 0.6 is 11.3 Å². The third kappa shape index (κ3) is 3.56. The average Bonchev–Trinajstić information content (AvgIpc) is 2.89. The number of rotatable bonds is 5. The molecule has 0 aliphatic heterocycles. The second kappa shape index (κ2) is 6.69. The van der Waals surface area contributed by atoms with E-state index in [4.69, 9.17) is 10.5 Å². The molecular weight excluding hydrogens is 242 g/mol. The van der Waals surface area contributed by atoms with E-state index in [9.17, 15) is 0 Å². The highest BCUT2D eigenvalue weighted by molar-refractivity contribution is 7.10. The molecule has 0 bridgehead atoms. The number of thiophene rings is 1. The van der Waals surface area contributed by atoms with Crippen LogP contribution in [-0.4, -0.2) is 12.1 Å². The molecule has 2 N–H and O–H groups in total. The highest BCUT2D eigenvalue weighted by Crippen LogP contribution is 2.33. The normalized spacial score (nSPS) is 27.9. The maximum Gasteiger partial charge on any atom is 0.107 e. The van der Waals surface area contributed by atoms with E-state index in [2.05, 4.69) is 24.4 Å². The Labute approximate surface area is 115 Å². The molecule has 0 amide bonds. The van der Waals surface area contributed by atoms with Gasteiger partial charge >= 0.3 is 0 Å². The van der Waals surface area contributed by atoms with Gasteiger partial charge in [-0.05, 0) is 37.1 Å². The smallest absolute Gasteiger partial charge is 0.107 e. The van der Waals surface area contributed by atoms with Crippen LogP contribution in [0.2, 0.25) is 0 Å². The molecule has 3 heteroatoms. The third-order valence-electron chi connectivity index (χ3n) is 3.95.